The van der Waals surface area contributed by atoms with E-state index >= 15 is 0 Å². The van der Waals surface area contributed by atoms with Crippen LogP contribution in [0.1, 0.15) is 48.7 Å². The molecule has 2 unspecified atom stereocenters. The van der Waals surface area contributed by atoms with Crippen molar-refractivity contribution in [3.63, 3.8) is 0 Å². The molecule has 2 atom stereocenters. The van der Waals surface area contributed by atoms with E-state index in [1.54, 1.807) is 6.07 Å². The molecular weight excluding hydrogens is 375 g/mol. The zero-order valence-electron chi connectivity index (χ0n) is 14.4. The van der Waals surface area contributed by atoms with Crippen LogP contribution in [0.5, 0.6) is 5.75 Å². The van der Waals surface area contributed by atoms with E-state index in [0.717, 1.165) is 29.5 Å². The van der Waals surface area contributed by atoms with Crippen LogP contribution in [0.2, 0.25) is 10.0 Å². The third-order valence-corrected chi connectivity index (χ3v) is 5.01. The highest BCUT2D eigenvalue weighted by molar-refractivity contribution is 6.35. The molecular formula is C20H20Cl2O4. The van der Waals surface area contributed by atoms with Crippen molar-refractivity contribution in [2.24, 2.45) is 0 Å². The van der Waals surface area contributed by atoms with Crippen LogP contribution < -0.4 is 4.74 Å². The Labute approximate surface area is 162 Å². The number of fused-ring (bicyclic) bond motifs is 1. The Balaban J connectivity index is 1.74. The van der Waals surface area contributed by atoms with Gasteiger partial charge in [0.15, 0.2) is 0 Å². The van der Waals surface area contributed by atoms with Crippen LogP contribution in [0.25, 0.3) is 0 Å². The molecule has 0 saturated carbocycles. The highest BCUT2D eigenvalue weighted by Crippen LogP contribution is 2.40. The second kappa shape index (κ2) is 8.30. The van der Waals surface area contributed by atoms with Crippen LogP contribution in [0, 0.1) is 0 Å². The average molecular weight is 395 g/mol. The normalized spacial score (nSPS) is 17.0. The van der Waals surface area contributed by atoms with Crippen molar-refractivity contribution in [3.8, 4) is 5.75 Å². The summed E-state index contributed by atoms with van der Waals surface area (Å²) in [5.74, 6) is -0.173. The summed E-state index contributed by atoms with van der Waals surface area (Å²) in [5, 5.41) is 10.3. The van der Waals surface area contributed by atoms with Crippen molar-refractivity contribution in [3.05, 3.63) is 63.1 Å². The molecule has 3 rings (SSSR count). The smallest absolute Gasteiger partial charge is 0.306 e. The van der Waals surface area contributed by atoms with Crippen molar-refractivity contribution in [1.82, 2.24) is 0 Å². The first-order valence-corrected chi connectivity index (χ1v) is 9.31. The lowest BCUT2D eigenvalue weighted by Gasteiger charge is -2.18. The van der Waals surface area contributed by atoms with E-state index in [2.05, 4.69) is 0 Å². The lowest BCUT2D eigenvalue weighted by atomic mass is 10.1. The minimum atomic E-state index is -0.889. The number of halogens is 2. The Kier molecular flexibility index (Phi) is 6.07. The molecule has 1 aliphatic carbocycles. The molecule has 138 valence electrons. The predicted molar refractivity (Wildman–Crippen MR) is 101 cm³/mol. The van der Waals surface area contributed by atoms with Crippen LogP contribution in [0.3, 0.4) is 0 Å². The zero-order valence-corrected chi connectivity index (χ0v) is 15.9. The maximum absolute atomic E-state index is 11.0. The summed E-state index contributed by atoms with van der Waals surface area (Å²) in [6.45, 7) is 2.30. The summed E-state index contributed by atoms with van der Waals surface area (Å²) in [6, 6.07) is 11.0. The number of carboxylic acid groups (broad SMARTS) is 1. The van der Waals surface area contributed by atoms with Gasteiger partial charge in [0.2, 0.25) is 0 Å². The molecule has 0 spiro atoms. The van der Waals surface area contributed by atoms with E-state index in [4.69, 9.17) is 37.8 Å². The topological polar surface area (TPSA) is 55.8 Å². The fourth-order valence-electron chi connectivity index (χ4n) is 3.29. The Morgan fingerprint density at radius 2 is 2.00 bits per heavy atom. The van der Waals surface area contributed by atoms with Crippen molar-refractivity contribution in [2.75, 3.05) is 6.61 Å². The number of benzene rings is 2. The first-order valence-electron chi connectivity index (χ1n) is 8.55. The first kappa shape index (κ1) is 19.0. The van der Waals surface area contributed by atoms with Crippen LogP contribution in [-0.2, 0) is 16.0 Å². The molecule has 0 saturated heterocycles. The number of carboxylic acids is 1. The van der Waals surface area contributed by atoms with Crippen molar-refractivity contribution >= 4 is 29.2 Å². The number of rotatable bonds is 7. The fourth-order valence-corrected chi connectivity index (χ4v) is 3.89. The number of hydrogen-bond donors (Lipinski definition) is 1. The van der Waals surface area contributed by atoms with Crippen LogP contribution in [0.4, 0.5) is 0 Å². The first-order chi connectivity index (χ1) is 12.5. The second-order valence-corrected chi connectivity index (χ2v) is 7.06. The zero-order chi connectivity index (χ0) is 18.7. The number of ether oxygens (including phenoxy) is 2. The maximum atomic E-state index is 11.0. The van der Waals surface area contributed by atoms with Crippen LogP contribution in [-0.4, -0.2) is 17.7 Å². The van der Waals surface area contributed by atoms with Gasteiger partial charge in [-0.25, -0.2) is 0 Å². The summed E-state index contributed by atoms with van der Waals surface area (Å²) >= 11 is 12.4. The van der Waals surface area contributed by atoms with Crippen LogP contribution in [0.15, 0.2) is 36.4 Å². The Bertz CT molecular complexity index is 789. The number of aliphatic carboxylic acids is 1. The molecule has 1 aliphatic rings. The SMILES string of the molecule is CCOC(CC(=O)O)c1ccc(OC2CCc3c(Cl)cc(Cl)cc32)cc1. The fraction of sp³-hybridized carbons (Fsp3) is 0.350. The third kappa shape index (κ3) is 4.32. The van der Waals surface area contributed by atoms with Gasteiger partial charge in [0, 0.05) is 16.7 Å². The van der Waals surface area contributed by atoms with E-state index in [9.17, 15) is 4.79 Å². The van der Waals surface area contributed by atoms with Gasteiger partial charge in [-0.2, -0.15) is 0 Å². The molecule has 0 aromatic heterocycles. The molecule has 0 heterocycles. The molecule has 1 N–H and O–H groups in total. The molecule has 0 bridgehead atoms. The van der Waals surface area contributed by atoms with Gasteiger partial charge in [-0.15, -0.1) is 0 Å². The average Bonchev–Trinajstić information content (AvgIpc) is 2.98. The summed E-state index contributed by atoms with van der Waals surface area (Å²) in [6.07, 6.45) is 1.09. The lowest BCUT2D eigenvalue weighted by Crippen LogP contribution is -2.10. The van der Waals surface area contributed by atoms with Crippen molar-refractivity contribution in [1.29, 1.82) is 0 Å². The summed E-state index contributed by atoms with van der Waals surface area (Å²) in [7, 11) is 0. The quantitative estimate of drug-likeness (QED) is 0.662. The molecule has 26 heavy (non-hydrogen) atoms. The van der Waals surface area contributed by atoms with E-state index in [1.807, 2.05) is 37.3 Å². The van der Waals surface area contributed by atoms with Crippen LogP contribution >= 0.6 is 23.2 Å². The molecule has 0 radical (unpaired) electrons. The van der Waals surface area contributed by atoms with Gasteiger partial charge < -0.3 is 14.6 Å². The minimum Gasteiger partial charge on any atom is -0.486 e. The summed E-state index contributed by atoms with van der Waals surface area (Å²) in [4.78, 5) is 11.0. The molecule has 0 aliphatic heterocycles. The Morgan fingerprint density at radius 1 is 1.27 bits per heavy atom. The van der Waals surface area contributed by atoms with Gasteiger partial charge in [-0.05, 0) is 60.7 Å². The second-order valence-electron chi connectivity index (χ2n) is 6.21. The van der Waals surface area contributed by atoms with E-state index in [1.165, 1.54) is 0 Å². The van der Waals surface area contributed by atoms with Gasteiger partial charge in [-0.1, -0.05) is 35.3 Å². The third-order valence-electron chi connectivity index (χ3n) is 4.46. The highest BCUT2D eigenvalue weighted by Gasteiger charge is 2.27. The van der Waals surface area contributed by atoms with Crippen molar-refractivity contribution in [2.45, 2.75) is 38.4 Å². The van der Waals surface area contributed by atoms with Gasteiger partial charge in [0.05, 0.1) is 12.5 Å². The number of hydrogen-bond acceptors (Lipinski definition) is 3. The van der Waals surface area contributed by atoms with Gasteiger partial charge in [0.1, 0.15) is 11.9 Å². The Hall–Kier alpha value is -1.75. The molecule has 2 aromatic carbocycles. The number of carbonyl (C=O) groups is 1. The molecule has 0 fully saturated rings. The molecule has 2 aromatic rings. The van der Waals surface area contributed by atoms with Gasteiger partial charge >= 0.3 is 5.97 Å². The highest BCUT2D eigenvalue weighted by atomic mass is 35.5. The molecule has 4 nitrogen and oxygen atoms in total. The van der Waals surface area contributed by atoms with Gasteiger partial charge in [0.25, 0.3) is 0 Å². The summed E-state index contributed by atoms with van der Waals surface area (Å²) in [5.41, 5.74) is 2.94. The molecule has 0 amide bonds. The van der Waals surface area contributed by atoms with Gasteiger partial charge in [-0.3, -0.25) is 4.79 Å². The van der Waals surface area contributed by atoms with E-state index in [-0.39, 0.29) is 12.5 Å². The van der Waals surface area contributed by atoms with E-state index < -0.39 is 12.1 Å². The monoisotopic (exact) mass is 394 g/mol. The predicted octanol–water partition coefficient (Wildman–Crippen LogP) is 5.61. The van der Waals surface area contributed by atoms with E-state index in [0.29, 0.717) is 22.4 Å². The summed E-state index contributed by atoms with van der Waals surface area (Å²) < 4.78 is 11.6. The minimum absolute atomic E-state index is 0.0684. The molecule has 6 heteroatoms. The lowest BCUT2D eigenvalue weighted by molar-refractivity contribution is -0.140. The Morgan fingerprint density at radius 3 is 2.65 bits per heavy atom. The largest absolute Gasteiger partial charge is 0.486 e. The van der Waals surface area contributed by atoms with Crippen molar-refractivity contribution < 1.29 is 19.4 Å². The maximum Gasteiger partial charge on any atom is 0.306 e. The standard InChI is InChI=1S/C20H20Cl2O4/c1-2-25-19(11-20(23)24)12-3-5-14(6-4-12)26-18-8-7-15-16(18)9-13(21)10-17(15)22/h3-6,9-10,18-19H,2,7-8,11H2,1H3,(H,23,24).